The maximum absolute atomic E-state index is 12.8. The van der Waals surface area contributed by atoms with Crippen LogP contribution in [-0.4, -0.2) is 37.0 Å². The molecule has 1 amide bonds. The predicted molar refractivity (Wildman–Crippen MR) is 123 cm³/mol. The lowest BCUT2D eigenvalue weighted by atomic mass is 9.93. The number of nitrogens with zero attached hydrogens (tertiary/aromatic N) is 1. The van der Waals surface area contributed by atoms with Crippen LogP contribution in [0.5, 0.6) is 0 Å². The fraction of sp³-hybridized carbons (Fsp3) is 0.462. The number of hydrogen-bond acceptors (Lipinski definition) is 3. The minimum Gasteiger partial charge on any atom is -0.465 e. The van der Waals surface area contributed by atoms with Crippen LogP contribution in [0, 0.1) is 6.92 Å². The van der Waals surface area contributed by atoms with Gasteiger partial charge in [-0.15, -0.1) is 0 Å². The molecule has 0 saturated carbocycles. The van der Waals surface area contributed by atoms with Gasteiger partial charge in [-0.05, 0) is 54.5 Å². The molecular weight excluding hydrogens is 374 g/mol. The van der Waals surface area contributed by atoms with E-state index in [1.54, 1.807) is 0 Å². The first-order valence-electron chi connectivity index (χ1n) is 11.1. The standard InChI is InChI=1S/C26H35NO3/c1-5-7-17-27(18-8-6-2)25(28)16-14-21-13-15-23(26(29)30-4)24(19-21)22-12-10-9-11-20(22)3/h9-13,15,19H,5-8,14,16-18H2,1-4H3. The van der Waals surface area contributed by atoms with Gasteiger partial charge in [0.1, 0.15) is 0 Å². The quantitative estimate of drug-likeness (QED) is 0.440. The molecule has 0 bridgehead atoms. The summed E-state index contributed by atoms with van der Waals surface area (Å²) in [6, 6.07) is 13.8. The number of carbonyl (C=O) groups excluding carboxylic acids is 2. The maximum Gasteiger partial charge on any atom is 0.338 e. The summed E-state index contributed by atoms with van der Waals surface area (Å²) in [5, 5.41) is 0. The molecule has 0 heterocycles. The fourth-order valence-corrected chi connectivity index (χ4v) is 3.60. The Kier molecular flexibility index (Phi) is 9.59. The molecule has 0 aliphatic rings. The molecule has 4 nitrogen and oxygen atoms in total. The van der Waals surface area contributed by atoms with E-state index in [0.717, 1.165) is 61.0 Å². The molecule has 0 aliphatic carbocycles. The number of esters is 1. The SMILES string of the molecule is CCCCN(CCCC)C(=O)CCc1ccc(C(=O)OC)c(-c2ccccc2C)c1. The molecule has 0 unspecified atom stereocenters. The summed E-state index contributed by atoms with van der Waals surface area (Å²) in [6.45, 7) is 8.01. The molecule has 2 aromatic rings. The van der Waals surface area contributed by atoms with Crippen molar-refractivity contribution in [2.75, 3.05) is 20.2 Å². The van der Waals surface area contributed by atoms with Gasteiger partial charge in [0, 0.05) is 19.5 Å². The Labute approximate surface area is 181 Å². The molecule has 0 aromatic heterocycles. The van der Waals surface area contributed by atoms with E-state index in [1.807, 2.05) is 54.3 Å². The lowest BCUT2D eigenvalue weighted by Gasteiger charge is -2.22. The zero-order valence-electron chi connectivity index (χ0n) is 18.9. The van der Waals surface area contributed by atoms with Gasteiger partial charge in [0.15, 0.2) is 0 Å². The largest absolute Gasteiger partial charge is 0.465 e. The first kappa shape index (κ1) is 23.7. The van der Waals surface area contributed by atoms with Crippen molar-refractivity contribution in [1.29, 1.82) is 0 Å². The Morgan fingerprint density at radius 2 is 1.60 bits per heavy atom. The molecule has 4 heteroatoms. The zero-order chi connectivity index (χ0) is 21.9. The van der Waals surface area contributed by atoms with Crippen molar-refractivity contribution in [3.63, 3.8) is 0 Å². The van der Waals surface area contributed by atoms with E-state index in [1.165, 1.54) is 7.11 Å². The summed E-state index contributed by atoms with van der Waals surface area (Å²) in [7, 11) is 1.40. The van der Waals surface area contributed by atoms with Crippen molar-refractivity contribution in [2.45, 2.75) is 59.3 Å². The average molecular weight is 410 g/mol. The third-order valence-electron chi connectivity index (χ3n) is 5.47. The summed E-state index contributed by atoms with van der Waals surface area (Å²) in [5.41, 5.74) is 4.58. The lowest BCUT2D eigenvalue weighted by Crippen LogP contribution is -2.33. The van der Waals surface area contributed by atoms with E-state index in [4.69, 9.17) is 4.74 Å². The molecule has 0 radical (unpaired) electrons. The van der Waals surface area contributed by atoms with Crippen molar-refractivity contribution in [1.82, 2.24) is 4.90 Å². The van der Waals surface area contributed by atoms with Gasteiger partial charge in [-0.25, -0.2) is 4.79 Å². The number of hydrogen-bond donors (Lipinski definition) is 0. The van der Waals surface area contributed by atoms with Crippen molar-refractivity contribution in [3.05, 3.63) is 59.2 Å². The van der Waals surface area contributed by atoms with E-state index >= 15 is 0 Å². The van der Waals surface area contributed by atoms with Crippen LogP contribution in [0.1, 0.15) is 67.4 Å². The highest BCUT2D eigenvalue weighted by atomic mass is 16.5. The summed E-state index contributed by atoms with van der Waals surface area (Å²) >= 11 is 0. The van der Waals surface area contributed by atoms with Gasteiger partial charge in [0.2, 0.25) is 5.91 Å². The van der Waals surface area contributed by atoms with Gasteiger partial charge in [0.05, 0.1) is 12.7 Å². The first-order chi connectivity index (χ1) is 14.5. The summed E-state index contributed by atoms with van der Waals surface area (Å²) < 4.78 is 4.98. The van der Waals surface area contributed by atoms with E-state index in [2.05, 4.69) is 13.8 Å². The molecule has 0 spiro atoms. The average Bonchev–Trinajstić information content (AvgIpc) is 2.77. The van der Waals surface area contributed by atoms with Crippen LogP contribution >= 0.6 is 0 Å². The molecule has 162 valence electrons. The number of ether oxygens (including phenoxy) is 1. The highest BCUT2D eigenvalue weighted by Gasteiger charge is 2.17. The van der Waals surface area contributed by atoms with Gasteiger partial charge in [-0.2, -0.15) is 0 Å². The molecule has 2 aromatic carbocycles. The van der Waals surface area contributed by atoms with E-state index < -0.39 is 0 Å². The summed E-state index contributed by atoms with van der Waals surface area (Å²) in [4.78, 5) is 27.1. The number of aryl methyl sites for hydroxylation is 2. The van der Waals surface area contributed by atoms with Crippen LogP contribution < -0.4 is 0 Å². The second-order valence-corrected chi connectivity index (χ2v) is 7.77. The second kappa shape index (κ2) is 12.2. The predicted octanol–water partition coefficient (Wildman–Crippen LogP) is 5.81. The van der Waals surface area contributed by atoms with Crippen LogP contribution in [0.15, 0.2) is 42.5 Å². The minimum atomic E-state index is -0.346. The highest BCUT2D eigenvalue weighted by Crippen LogP contribution is 2.29. The van der Waals surface area contributed by atoms with Crippen LogP contribution in [-0.2, 0) is 16.0 Å². The van der Waals surface area contributed by atoms with Crippen molar-refractivity contribution in [3.8, 4) is 11.1 Å². The molecule has 0 atom stereocenters. The zero-order valence-corrected chi connectivity index (χ0v) is 18.9. The smallest absolute Gasteiger partial charge is 0.338 e. The van der Waals surface area contributed by atoms with Crippen LogP contribution in [0.25, 0.3) is 11.1 Å². The van der Waals surface area contributed by atoms with E-state index in [-0.39, 0.29) is 11.9 Å². The Bertz CT molecular complexity index is 836. The molecular formula is C26H35NO3. The van der Waals surface area contributed by atoms with Gasteiger partial charge < -0.3 is 9.64 Å². The number of methoxy groups -OCH3 is 1. The van der Waals surface area contributed by atoms with Crippen molar-refractivity contribution in [2.24, 2.45) is 0 Å². The molecule has 0 N–H and O–H groups in total. The maximum atomic E-state index is 12.8. The number of rotatable bonds is 11. The Morgan fingerprint density at radius 3 is 2.20 bits per heavy atom. The number of benzene rings is 2. The summed E-state index contributed by atoms with van der Waals surface area (Å²) in [5.74, 6) is -0.132. The third-order valence-corrected chi connectivity index (χ3v) is 5.47. The van der Waals surface area contributed by atoms with E-state index in [9.17, 15) is 9.59 Å². The Balaban J connectivity index is 2.22. The minimum absolute atomic E-state index is 0.214. The Morgan fingerprint density at radius 1 is 0.933 bits per heavy atom. The monoisotopic (exact) mass is 409 g/mol. The van der Waals surface area contributed by atoms with Crippen LogP contribution in [0.2, 0.25) is 0 Å². The number of amides is 1. The molecule has 2 rings (SSSR count). The molecule has 30 heavy (non-hydrogen) atoms. The van der Waals surface area contributed by atoms with Gasteiger partial charge >= 0.3 is 5.97 Å². The first-order valence-corrected chi connectivity index (χ1v) is 11.1. The van der Waals surface area contributed by atoms with Crippen LogP contribution in [0.3, 0.4) is 0 Å². The van der Waals surface area contributed by atoms with Crippen molar-refractivity contribution < 1.29 is 14.3 Å². The summed E-state index contributed by atoms with van der Waals surface area (Å²) in [6.07, 6.45) is 5.41. The topological polar surface area (TPSA) is 46.6 Å². The molecule has 0 fully saturated rings. The van der Waals surface area contributed by atoms with E-state index in [0.29, 0.717) is 18.4 Å². The van der Waals surface area contributed by atoms with Gasteiger partial charge in [-0.3, -0.25) is 4.79 Å². The number of carbonyl (C=O) groups is 2. The van der Waals surface area contributed by atoms with Crippen LogP contribution in [0.4, 0.5) is 0 Å². The molecule has 0 saturated heterocycles. The molecule has 0 aliphatic heterocycles. The third kappa shape index (κ3) is 6.45. The number of unbranched alkanes of at least 4 members (excludes halogenated alkanes) is 2. The van der Waals surface area contributed by atoms with Gasteiger partial charge in [0.25, 0.3) is 0 Å². The normalized spacial score (nSPS) is 10.7. The highest BCUT2D eigenvalue weighted by molar-refractivity contribution is 5.97. The van der Waals surface area contributed by atoms with Gasteiger partial charge in [-0.1, -0.05) is 63.1 Å². The van der Waals surface area contributed by atoms with Crippen molar-refractivity contribution >= 4 is 11.9 Å². The second-order valence-electron chi connectivity index (χ2n) is 7.77. The Hall–Kier alpha value is -2.62. The fourth-order valence-electron chi connectivity index (χ4n) is 3.60. The lowest BCUT2D eigenvalue weighted by molar-refractivity contribution is -0.131.